The van der Waals surface area contributed by atoms with E-state index in [9.17, 15) is 28.8 Å². The Kier molecular flexibility index (Phi) is 18.9. The number of hydrogen-bond acceptors (Lipinski definition) is 6. The van der Waals surface area contributed by atoms with Crippen LogP contribution in [-0.4, -0.2) is 45.4 Å². The van der Waals surface area contributed by atoms with E-state index in [0.29, 0.717) is 43.3 Å². The maximum absolute atomic E-state index is 12.4. The Morgan fingerprint density at radius 3 is 1.22 bits per heavy atom. The second-order valence-corrected chi connectivity index (χ2v) is 12.7. The van der Waals surface area contributed by atoms with Gasteiger partial charge in [-0.15, -0.1) is 0 Å². The van der Waals surface area contributed by atoms with Gasteiger partial charge in [0.05, 0.1) is 12.1 Å². The van der Waals surface area contributed by atoms with Crippen LogP contribution in [-0.2, 0) is 87.8 Å². The number of aromatic amines is 2. The standard InChI is InChI=1S/2C20H16ClN2O3.CH4.2Y/c2*1-12(24)18(23-20(26)13-6-8-15(21)9-7-13)10-14-11-19(25)22-17-5-3-2-4-16(14)17;;;/h2*2-9,11,18H,1,10H2,(H,22,25)(H,23,26);1H4;;/q2*-1;;;. The second kappa shape index (κ2) is 22.0. The number of ketones is 2. The number of amides is 2. The smallest absolute Gasteiger partial charge is 0.251 e. The normalized spacial score (nSPS) is 11.2. The molecule has 0 bridgehead atoms. The number of fused-ring (bicyclic) bond motifs is 2. The van der Waals surface area contributed by atoms with Gasteiger partial charge in [-0.2, -0.15) is 0 Å². The first kappa shape index (κ1) is 47.3. The molecule has 4 N–H and O–H groups in total. The molecule has 4 aromatic carbocycles. The molecule has 10 nitrogen and oxygen atoms in total. The third-order valence-corrected chi connectivity index (χ3v) is 8.63. The SMILES string of the molecule is C.[CH2-]C(=O)C(Cc1cc(=O)[nH]c2ccccc12)NC(=O)c1ccc(Cl)cc1.[CH2-]C(=O)C(Cc1cc(=O)[nH]c2ccccc12)NC(=O)c1ccc(Cl)cc1.[Y].[Y]. The molecule has 2 heterocycles. The van der Waals surface area contributed by atoms with E-state index in [2.05, 4.69) is 34.4 Å². The van der Waals surface area contributed by atoms with Gasteiger partial charge in [0.2, 0.25) is 11.1 Å². The Morgan fingerprint density at radius 1 is 0.564 bits per heavy atom. The number of carbonyl (C=O) groups excluding carboxylic acids is 4. The van der Waals surface area contributed by atoms with Gasteiger partial charge in [-0.25, -0.2) is 0 Å². The molecule has 0 aliphatic heterocycles. The van der Waals surface area contributed by atoms with Gasteiger partial charge in [0.25, 0.3) is 11.8 Å². The summed E-state index contributed by atoms with van der Waals surface area (Å²) in [4.78, 5) is 77.9. The van der Waals surface area contributed by atoms with E-state index in [1.165, 1.54) is 12.1 Å². The Balaban J connectivity index is 0.000000360. The molecule has 0 saturated carbocycles. The molecule has 6 aromatic rings. The quantitative estimate of drug-likeness (QED) is 0.115. The monoisotopic (exact) mass is 928 g/mol. The molecule has 2 unspecified atom stereocenters. The Hall–Kier alpha value is -3.89. The van der Waals surface area contributed by atoms with Crippen LogP contribution in [0.1, 0.15) is 39.3 Å². The van der Waals surface area contributed by atoms with Gasteiger partial charge in [-0.3, -0.25) is 19.2 Å². The predicted molar refractivity (Wildman–Crippen MR) is 209 cm³/mol. The van der Waals surface area contributed by atoms with Crippen LogP contribution in [0.3, 0.4) is 0 Å². The zero-order chi connectivity index (χ0) is 37.4. The number of hydrogen-bond donors (Lipinski definition) is 4. The zero-order valence-corrected chi connectivity index (χ0v) is 35.9. The van der Waals surface area contributed by atoms with Crippen molar-refractivity contribution in [1.82, 2.24) is 20.6 Å². The number of nitrogens with one attached hydrogen (secondary N) is 4. The molecule has 278 valence electrons. The fourth-order valence-electron chi connectivity index (χ4n) is 5.51. The number of benzene rings is 4. The summed E-state index contributed by atoms with van der Waals surface area (Å²) in [5.74, 6) is -1.68. The Bertz CT molecular complexity index is 2230. The third-order valence-electron chi connectivity index (χ3n) is 8.12. The van der Waals surface area contributed by atoms with Crippen LogP contribution in [0.5, 0.6) is 0 Å². The van der Waals surface area contributed by atoms with Crippen molar-refractivity contribution >= 4 is 68.4 Å². The van der Waals surface area contributed by atoms with Crippen molar-refractivity contribution < 1.29 is 84.6 Å². The first-order valence-electron chi connectivity index (χ1n) is 15.9. The van der Waals surface area contributed by atoms with Crippen molar-refractivity contribution in [3.8, 4) is 0 Å². The summed E-state index contributed by atoms with van der Waals surface area (Å²) in [5, 5.41) is 8.02. The molecule has 2 aromatic heterocycles. The molecule has 0 spiro atoms. The molecule has 14 heteroatoms. The molecule has 2 amide bonds. The minimum atomic E-state index is -0.844. The third kappa shape index (κ3) is 13.1. The van der Waals surface area contributed by atoms with E-state index in [1.807, 2.05) is 36.4 Å². The molecular formula is C41H36Cl2N4O6Y2-2. The number of aromatic nitrogens is 2. The van der Waals surface area contributed by atoms with Gasteiger partial charge in [0.15, 0.2) is 0 Å². The number of halogens is 2. The number of H-pyrrole nitrogens is 2. The van der Waals surface area contributed by atoms with E-state index in [-0.39, 0.29) is 96.8 Å². The van der Waals surface area contributed by atoms with E-state index < -0.39 is 35.5 Å². The Labute approximate surface area is 378 Å². The van der Waals surface area contributed by atoms with Gasteiger partial charge < -0.3 is 44.0 Å². The molecule has 0 aliphatic rings. The maximum atomic E-state index is 12.4. The van der Waals surface area contributed by atoms with Gasteiger partial charge in [0.1, 0.15) is 0 Å². The van der Waals surface area contributed by atoms with Crippen LogP contribution in [0.15, 0.2) is 119 Å². The molecule has 2 atom stereocenters. The average Bonchev–Trinajstić information content (AvgIpc) is 3.11. The number of rotatable bonds is 10. The Morgan fingerprint density at radius 2 is 0.891 bits per heavy atom. The first-order chi connectivity index (χ1) is 24.9. The second-order valence-electron chi connectivity index (χ2n) is 11.8. The average molecular weight is 929 g/mol. The van der Waals surface area contributed by atoms with Crippen LogP contribution >= 0.6 is 23.2 Å². The summed E-state index contributed by atoms with van der Waals surface area (Å²) in [7, 11) is 0. The van der Waals surface area contributed by atoms with Crippen LogP contribution in [0.4, 0.5) is 0 Å². The van der Waals surface area contributed by atoms with Crippen molar-refractivity contribution in [2.24, 2.45) is 0 Å². The molecule has 0 fully saturated rings. The summed E-state index contributed by atoms with van der Waals surface area (Å²) in [6.07, 6.45) is 0.345. The summed E-state index contributed by atoms with van der Waals surface area (Å²) in [6.45, 7) is 6.88. The van der Waals surface area contributed by atoms with E-state index in [0.717, 1.165) is 10.8 Å². The summed E-state index contributed by atoms with van der Waals surface area (Å²) < 4.78 is 0. The van der Waals surface area contributed by atoms with Gasteiger partial charge in [-0.05, 0) is 84.6 Å². The van der Waals surface area contributed by atoms with Gasteiger partial charge in [0, 0.05) is 132 Å². The van der Waals surface area contributed by atoms with Crippen LogP contribution in [0, 0.1) is 13.8 Å². The summed E-state index contributed by atoms with van der Waals surface area (Å²) in [6, 6.07) is 28.5. The van der Waals surface area contributed by atoms with E-state index in [4.69, 9.17) is 23.2 Å². The van der Waals surface area contributed by atoms with Crippen molar-refractivity contribution in [3.05, 3.63) is 176 Å². The topological polar surface area (TPSA) is 158 Å². The van der Waals surface area contributed by atoms with E-state index >= 15 is 0 Å². The van der Waals surface area contributed by atoms with Crippen molar-refractivity contribution in [3.63, 3.8) is 0 Å². The van der Waals surface area contributed by atoms with Crippen LogP contribution in [0.25, 0.3) is 21.8 Å². The van der Waals surface area contributed by atoms with Crippen LogP contribution < -0.4 is 21.8 Å². The van der Waals surface area contributed by atoms with Gasteiger partial charge >= 0.3 is 0 Å². The van der Waals surface area contributed by atoms with E-state index in [1.54, 1.807) is 60.7 Å². The van der Waals surface area contributed by atoms with Crippen molar-refractivity contribution in [1.29, 1.82) is 0 Å². The minimum absolute atomic E-state index is 0. The van der Waals surface area contributed by atoms with Gasteiger partial charge in [-0.1, -0.05) is 67.0 Å². The predicted octanol–water partition coefficient (Wildman–Crippen LogP) is 6.48. The summed E-state index contributed by atoms with van der Waals surface area (Å²) in [5.41, 5.74) is 2.93. The number of Topliss-reactive ketones (excluding diaryl/α,β-unsaturated/α-hetero) is 2. The first-order valence-corrected chi connectivity index (χ1v) is 16.7. The molecule has 0 aliphatic carbocycles. The molecule has 0 saturated heterocycles. The fourth-order valence-corrected chi connectivity index (χ4v) is 5.76. The summed E-state index contributed by atoms with van der Waals surface area (Å²) >= 11 is 11.6. The maximum Gasteiger partial charge on any atom is 0.251 e. The molecule has 6 rings (SSSR count). The van der Waals surface area contributed by atoms with Crippen molar-refractivity contribution in [2.45, 2.75) is 32.4 Å². The molecule has 55 heavy (non-hydrogen) atoms. The largest absolute Gasteiger partial charge is 0.345 e. The van der Waals surface area contributed by atoms with Crippen LogP contribution in [0.2, 0.25) is 10.0 Å². The molecule has 2 radical (unpaired) electrons. The van der Waals surface area contributed by atoms with Crippen molar-refractivity contribution in [2.75, 3.05) is 0 Å². The fraction of sp³-hybridized carbons (Fsp3) is 0.122. The molecular weight excluding hydrogens is 893 g/mol. The number of carbonyl (C=O) groups is 4. The number of para-hydroxylation sites is 2. The minimum Gasteiger partial charge on any atom is -0.345 e. The zero-order valence-electron chi connectivity index (χ0n) is 28.7. The number of pyridine rings is 2.